The van der Waals surface area contributed by atoms with Crippen LogP contribution in [0.15, 0.2) is 41.2 Å². The number of rotatable bonds is 2. The molecule has 2 rings (SSSR count). The summed E-state index contributed by atoms with van der Waals surface area (Å²) in [5.41, 5.74) is 0.616. The van der Waals surface area contributed by atoms with Gasteiger partial charge in [0.1, 0.15) is 12.1 Å². The molecule has 1 aromatic carbocycles. The Labute approximate surface area is 90.6 Å². The Bertz CT molecular complexity index is 590. The first-order valence-corrected chi connectivity index (χ1v) is 4.65. The van der Waals surface area contributed by atoms with Crippen LogP contribution in [-0.4, -0.2) is 11.3 Å². The van der Waals surface area contributed by atoms with Gasteiger partial charge < -0.3 is 4.98 Å². The summed E-state index contributed by atoms with van der Waals surface area (Å²) in [4.78, 5) is 24.2. The number of nitrogens with one attached hydrogen (secondary N) is 1. The van der Waals surface area contributed by atoms with Crippen LogP contribution in [0.1, 0.15) is 10.4 Å². The van der Waals surface area contributed by atoms with Crippen LogP contribution in [0.5, 0.6) is 0 Å². The van der Waals surface area contributed by atoms with Crippen molar-refractivity contribution in [2.24, 2.45) is 0 Å². The molecular formula is C12H8FNO2. The van der Waals surface area contributed by atoms with Crippen LogP contribution in [-0.2, 0) is 0 Å². The summed E-state index contributed by atoms with van der Waals surface area (Å²) >= 11 is 0. The topological polar surface area (TPSA) is 49.9 Å². The van der Waals surface area contributed by atoms with Crippen LogP contribution in [0.25, 0.3) is 11.3 Å². The fraction of sp³-hybridized carbons (Fsp3) is 0. The van der Waals surface area contributed by atoms with E-state index >= 15 is 0 Å². The summed E-state index contributed by atoms with van der Waals surface area (Å²) in [5.74, 6) is -0.479. The van der Waals surface area contributed by atoms with Crippen LogP contribution in [0.4, 0.5) is 4.39 Å². The van der Waals surface area contributed by atoms with Gasteiger partial charge in [0.2, 0.25) is 5.56 Å². The van der Waals surface area contributed by atoms with Gasteiger partial charge in [-0.2, -0.15) is 0 Å². The number of halogens is 1. The number of aromatic nitrogens is 1. The number of H-pyrrole nitrogens is 1. The molecule has 0 fully saturated rings. The Morgan fingerprint density at radius 2 is 2.00 bits per heavy atom. The monoisotopic (exact) mass is 217 g/mol. The molecule has 0 spiro atoms. The van der Waals surface area contributed by atoms with Crippen molar-refractivity contribution >= 4 is 6.29 Å². The molecule has 80 valence electrons. The number of benzene rings is 1. The highest BCUT2D eigenvalue weighted by Gasteiger charge is 2.06. The number of carbonyl (C=O) groups excluding carboxylic acids is 1. The molecule has 0 atom stereocenters. The van der Waals surface area contributed by atoms with Crippen molar-refractivity contribution in [2.75, 3.05) is 0 Å². The number of hydrogen-bond acceptors (Lipinski definition) is 2. The molecule has 0 bridgehead atoms. The molecule has 0 saturated heterocycles. The Balaban J connectivity index is 2.63. The van der Waals surface area contributed by atoms with E-state index in [1.165, 1.54) is 30.3 Å². The van der Waals surface area contributed by atoms with E-state index in [-0.39, 0.29) is 11.1 Å². The second kappa shape index (κ2) is 4.10. The lowest BCUT2D eigenvalue weighted by Crippen LogP contribution is -2.04. The fourth-order valence-electron chi connectivity index (χ4n) is 1.43. The van der Waals surface area contributed by atoms with Crippen molar-refractivity contribution in [1.29, 1.82) is 0 Å². The van der Waals surface area contributed by atoms with E-state index in [0.29, 0.717) is 17.5 Å². The third kappa shape index (κ3) is 1.91. The highest BCUT2D eigenvalue weighted by molar-refractivity contribution is 5.78. The van der Waals surface area contributed by atoms with Gasteiger partial charge in [0, 0.05) is 17.2 Å². The first-order valence-electron chi connectivity index (χ1n) is 4.65. The molecule has 1 heterocycles. The summed E-state index contributed by atoms with van der Waals surface area (Å²) in [6, 6.07) is 8.42. The molecule has 0 unspecified atom stereocenters. The number of carbonyl (C=O) groups is 1. The van der Waals surface area contributed by atoms with E-state index in [2.05, 4.69) is 4.98 Å². The van der Waals surface area contributed by atoms with Crippen LogP contribution in [0.2, 0.25) is 0 Å². The van der Waals surface area contributed by atoms with Crippen molar-refractivity contribution in [1.82, 2.24) is 4.98 Å². The highest BCUT2D eigenvalue weighted by Crippen LogP contribution is 2.20. The maximum Gasteiger partial charge on any atom is 0.248 e. The summed E-state index contributed by atoms with van der Waals surface area (Å²) in [5, 5.41) is 0. The summed E-state index contributed by atoms with van der Waals surface area (Å²) < 4.78 is 13.5. The third-order valence-corrected chi connectivity index (χ3v) is 2.19. The maximum absolute atomic E-state index is 13.5. The largest absolute Gasteiger partial charge is 0.322 e. The van der Waals surface area contributed by atoms with Gasteiger partial charge in [-0.1, -0.05) is 6.07 Å². The Morgan fingerprint density at radius 1 is 1.19 bits per heavy atom. The zero-order valence-corrected chi connectivity index (χ0v) is 8.24. The normalized spacial score (nSPS) is 10.1. The molecule has 0 aliphatic rings. The van der Waals surface area contributed by atoms with E-state index in [1.807, 2.05) is 0 Å². The lowest BCUT2D eigenvalue weighted by molar-refractivity contribution is 0.112. The lowest BCUT2D eigenvalue weighted by Gasteiger charge is -2.03. The SMILES string of the molecule is O=Cc1ccc(F)c(-c2cccc(=O)[nH]2)c1. The molecule has 0 aliphatic carbocycles. The van der Waals surface area contributed by atoms with Gasteiger partial charge in [0.25, 0.3) is 0 Å². The maximum atomic E-state index is 13.5. The Kier molecular flexibility index (Phi) is 2.64. The second-order valence-corrected chi connectivity index (χ2v) is 3.29. The van der Waals surface area contributed by atoms with Crippen molar-refractivity contribution in [3.05, 3.63) is 58.1 Å². The molecule has 0 saturated carbocycles. The number of hydrogen-bond donors (Lipinski definition) is 1. The molecule has 0 amide bonds. The standard InChI is InChI=1S/C12H8FNO2/c13-10-5-4-8(7-15)6-9(10)11-2-1-3-12(16)14-11/h1-7H,(H,14,16). The number of aldehydes is 1. The molecular weight excluding hydrogens is 209 g/mol. The van der Waals surface area contributed by atoms with Gasteiger partial charge in [-0.15, -0.1) is 0 Å². The van der Waals surface area contributed by atoms with Crippen LogP contribution in [0.3, 0.4) is 0 Å². The summed E-state index contributed by atoms with van der Waals surface area (Å²) in [6.07, 6.45) is 0.629. The van der Waals surface area contributed by atoms with Gasteiger partial charge in [0.05, 0.1) is 5.69 Å². The van der Waals surface area contributed by atoms with Gasteiger partial charge in [-0.05, 0) is 24.3 Å². The molecule has 0 aliphatic heterocycles. The summed E-state index contributed by atoms with van der Waals surface area (Å²) in [7, 11) is 0. The van der Waals surface area contributed by atoms with Crippen molar-refractivity contribution in [2.45, 2.75) is 0 Å². The minimum Gasteiger partial charge on any atom is -0.322 e. The van der Waals surface area contributed by atoms with Crippen LogP contribution < -0.4 is 5.56 Å². The smallest absolute Gasteiger partial charge is 0.248 e. The minimum atomic E-state index is -0.479. The minimum absolute atomic E-state index is 0.210. The predicted octanol–water partition coefficient (Wildman–Crippen LogP) is 1.99. The Hall–Kier alpha value is -2.23. The van der Waals surface area contributed by atoms with E-state index in [1.54, 1.807) is 6.07 Å². The zero-order chi connectivity index (χ0) is 11.5. The van der Waals surface area contributed by atoms with Crippen molar-refractivity contribution in [3.63, 3.8) is 0 Å². The molecule has 0 radical (unpaired) electrons. The number of aromatic amines is 1. The quantitative estimate of drug-likeness (QED) is 0.782. The fourth-order valence-corrected chi connectivity index (χ4v) is 1.43. The van der Waals surface area contributed by atoms with Crippen molar-refractivity contribution < 1.29 is 9.18 Å². The van der Waals surface area contributed by atoms with E-state index in [4.69, 9.17) is 0 Å². The number of pyridine rings is 1. The molecule has 16 heavy (non-hydrogen) atoms. The highest BCUT2D eigenvalue weighted by atomic mass is 19.1. The van der Waals surface area contributed by atoms with Gasteiger partial charge >= 0.3 is 0 Å². The third-order valence-electron chi connectivity index (χ3n) is 2.19. The zero-order valence-electron chi connectivity index (χ0n) is 8.24. The molecule has 1 N–H and O–H groups in total. The van der Waals surface area contributed by atoms with E-state index in [9.17, 15) is 14.0 Å². The molecule has 1 aromatic heterocycles. The van der Waals surface area contributed by atoms with Crippen LogP contribution in [0, 0.1) is 5.82 Å². The average Bonchev–Trinajstić information content (AvgIpc) is 2.30. The molecule has 2 aromatic rings. The summed E-state index contributed by atoms with van der Waals surface area (Å²) in [6.45, 7) is 0. The van der Waals surface area contributed by atoms with Gasteiger partial charge in [0.15, 0.2) is 0 Å². The van der Waals surface area contributed by atoms with Crippen molar-refractivity contribution in [3.8, 4) is 11.3 Å². The van der Waals surface area contributed by atoms with Gasteiger partial charge in [-0.25, -0.2) is 4.39 Å². The second-order valence-electron chi connectivity index (χ2n) is 3.29. The first-order chi connectivity index (χ1) is 7.70. The average molecular weight is 217 g/mol. The predicted molar refractivity (Wildman–Crippen MR) is 57.8 cm³/mol. The van der Waals surface area contributed by atoms with E-state index in [0.717, 1.165) is 0 Å². The lowest BCUT2D eigenvalue weighted by atomic mass is 10.1. The molecule has 3 nitrogen and oxygen atoms in total. The van der Waals surface area contributed by atoms with Gasteiger partial charge in [-0.3, -0.25) is 9.59 Å². The van der Waals surface area contributed by atoms with E-state index < -0.39 is 5.82 Å². The molecule has 4 heteroatoms. The Morgan fingerprint density at radius 3 is 2.69 bits per heavy atom. The first kappa shape index (κ1) is 10.3. The van der Waals surface area contributed by atoms with Crippen LogP contribution >= 0.6 is 0 Å².